The van der Waals surface area contributed by atoms with E-state index in [0.29, 0.717) is 25.1 Å². The second-order valence-electron chi connectivity index (χ2n) is 6.28. The second-order valence-corrected chi connectivity index (χ2v) is 6.28. The Labute approximate surface area is 136 Å². The SMILES string of the molecule is COc1ccccc1N1CC[C@H](NC(=O)[C@@H]2CC[C@@H](N)C2)C1=O. The van der Waals surface area contributed by atoms with Crippen molar-refractivity contribution >= 4 is 17.5 Å². The van der Waals surface area contributed by atoms with Crippen molar-refractivity contribution in [1.29, 1.82) is 0 Å². The minimum Gasteiger partial charge on any atom is -0.495 e. The lowest BCUT2D eigenvalue weighted by Crippen LogP contribution is -2.43. The van der Waals surface area contributed by atoms with Crippen molar-refractivity contribution in [3.8, 4) is 5.75 Å². The maximum Gasteiger partial charge on any atom is 0.249 e. The summed E-state index contributed by atoms with van der Waals surface area (Å²) in [4.78, 5) is 26.6. The van der Waals surface area contributed by atoms with Gasteiger partial charge in [0.1, 0.15) is 11.8 Å². The molecule has 3 atom stereocenters. The highest BCUT2D eigenvalue weighted by Gasteiger charge is 2.37. The Morgan fingerprint density at radius 2 is 2.09 bits per heavy atom. The van der Waals surface area contributed by atoms with Gasteiger partial charge in [-0.3, -0.25) is 9.59 Å². The van der Waals surface area contributed by atoms with E-state index in [4.69, 9.17) is 10.5 Å². The number of nitrogens with one attached hydrogen (secondary N) is 1. The zero-order valence-corrected chi connectivity index (χ0v) is 13.3. The molecule has 1 heterocycles. The number of para-hydroxylation sites is 2. The molecule has 1 aliphatic carbocycles. The number of nitrogens with zero attached hydrogens (tertiary/aromatic N) is 1. The molecule has 0 bridgehead atoms. The number of amides is 2. The fourth-order valence-corrected chi connectivity index (χ4v) is 3.45. The van der Waals surface area contributed by atoms with Crippen molar-refractivity contribution in [3.63, 3.8) is 0 Å². The molecule has 1 aromatic carbocycles. The number of anilines is 1. The van der Waals surface area contributed by atoms with E-state index in [1.54, 1.807) is 12.0 Å². The molecule has 0 aromatic heterocycles. The molecule has 1 aliphatic heterocycles. The number of methoxy groups -OCH3 is 1. The van der Waals surface area contributed by atoms with E-state index in [1.807, 2.05) is 24.3 Å². The van der Waals surface area contributed by atoms with Crippen LogP contribution in [0, 0.1) is 5.92 Å². The van der Waals surface area contributed by atoms with Gasteiger partial charge in [0.05, 0.1) is 12.8 Å². The summed E-state index contributed by atoms with van der Waals surface area (Å²) in [6.07, 6.45) is 3.01. The lowest BCUT2D eigenvalue weighted by Gasteiger charge is -2.20. The molecule has 1 aromatic rings. The zero-order valence-electron chi connectivity index (χ0n) is 13.3. The number of ether oxygens (including phenoxy) is 1. The summed E-state index contributed by atoms with van der Waals surface area (Å²) in [6, 6.07) is 7.08. The third-order valence-electron chi connectivity index (χ3n) is 4.74. The van der Waals surface area contributed by atoms with E-state index in [2.05, 4.69) is 5.32 Å². The van der Waals surface area contributed by atoms with Gasteiger partial charge in [0, 0.05) is 18.5 Å². The van der Waals surface area contributed by atoms with Gasteiger partial charge >= 0.3 is 0 Å². The highest BCUT2D eigenvalue weighted by atomic mass is 16.5. The van der Waals surface area contributed by atoms with Gasteiger partial charge in [-0.05, 0) is 37.8 Å². The maximum atomic E-state index is 12.6. The first-order chi connectivity index (χ1) is 11.1. The second kappa shape index (κ2) is 6.58. The Balaban J connectivity index is 1.66. The summed E-state index contributed by atoms with van der Waals surface area (Å²) >= 11 is 0. The smallest absolute Gasteiger partial charge is 0.249 e. The Morgan fingerprint density at radius 1 is 1.30 bits per heavy atom. The van der Waals surface area contributed by atoms with Crippen molar-refractivity contribution in [2.45, 2.75) is 37.8 Å². The minimum atomic E-state index is -0.454. The first-order valence-corrected chi connectivity index (χ1v) is 8.10. The van der Waals surface area contributed by atoms with Gasteiger partial charge in [-0.15, -0.1) is 0 Å². The van der Waals surface area contributed by atoms with Gasteiger partial charge in [0.25, 0.3) is 0 Å². The number of carbonyl (C=O) groups excluding carboxylic acids is 2. The Bertz CT molecular complexity index is 605. The molecule has 1 saturated carbocycles. The van der Waals surface area contributed by atoms with Gasteiger partial charge < -0.3 is 20.7 Å². The van der Waals surface area contributed by atoms with E-state index in [9.17, 15) is 9.59 Å². The number of rotatable bonds is 4. The molecule has 6 nitrogen and oxygen atoms in total. The van der Waals surface area contributed by atoms with Gasteiger partial charge in [0.15, 0.2) is 0 Å². The van der Waals surface area contributed by atoms with Gasteiger partial charge in [-0.1, -0.05) is 12.1 Å². The predicted octanol–water partition coefficient (Wildman–Crippen LogP) is 1.04. The van der Waals surface area contributed by atoms with Crippen LogP contribution in [0.15, 0.2) is 24.3 Å². The van der Waals surface area contributed by atoms with Crippen LogP contribution in [0.4, 0.5) is 5.69 Å². The van der Waals surface area contributed by atoms with E-state index in [-0.39, 0.29) is 23.8 Å². The van der Waals surface area contributed by atoms with Crippen LogP contribution in [0.25, 0.3) is 0 Å². The van der Waals surface area contributed by atoms with Gasteiger partial charge in [-0.2, -0.15) is 0 Å². The Morgan fingerprint density at radius 3 is 2.78 bits per heavy atom. The van der Waals surface area contributed by atoms with Crippen molar-refractivity contribution in [1.82, 2.24) is 5.32 Å². The number of hydrogen-bond acceptors (Lipinski definition) is 4. The largest absolute Gasteiger partial charge is 0.495 e. The highest BCUT2D eigenvalue weighted by molar-refractivity contribution is 6.02. The van der Waals surface area contributed by atoms with E-state index >= 15 is 0 Å². The van der Waals surface area contributed by atoms with Gasteiger partial charge in [-0.25, -0.2) is 0 Å². The number of carbonyl (C=O) groups is 2. The fraction of sp³-hybridized carbons (Fsp3) is 0.529. The number of nitrogens with two attached hydrogens (primary N) is 1. The molecule has 2 amide bonds. The Hall–Kier alpha value is -2.08. The summed E-state index contributed by atoms with van der Waals surface area (Å²) in [5, 5.41) is 2.90. The van der Waals surface area contributed by atoms with Crippen LogP contribution >= 0.6 is 0 Å². The molecule has 124 valence electrons. The monoisotopic (exact) mass is 317 g/mol. The van der Waals surface area contributed by atoms with Crippen LogP contribution in [-0.2, 0) is 9.59 Å². The summed E-state index contributed by atoms with van der Waals surface area (Å²) in [7, 11) is 1.59. The molecule has 2 fully saturated rings. The molecule has 6 heteroatoms. The molecule has 0 radical (unpaired) electrons. The standard InChI is InChI=1S/C17H23N3O3/c1-23-15-5-3-2-4-14(15)20-9-8-13(17(20)22)19-16(21)11-6-7-12(18)10-11/h2-5,11-13H,6-10,18H2,1H3,(H,19,21)/t11-,12-,13+/m1/s1. The zero-order chi connectivity index (χ0) is 16.4. The quantitative estimate of drug-likeness (QED) is 0.869. The van der Waals surface area contributed by atoms with Crippen molar-refractivity contribution in [2.24, 2.45) is 11.7 Å². The first kappa shape index (κ1) is 15.8. The maximum absolute atomic E-state index is 12.6. The normalized spacial score (nSPS) is 27.3. The molecule has 3 rings (SSSR count). The lowest BCUT2D eigenvalue weighted by atomic mass is 10.1. The number of benzene rings is 1. The molecule has 23 heavy (non-hydrogen) atoms. The first-order valence-electron chi connectivity index (χ1n) is 8.10. The molecular weight excluding hydrogens is 294 g/mol. The van der Waals surface area contributed by atoms with Gasteiger partial charge in [0.2, 0.25) is 11.8 Å². The van der Waals surface area contributed by atoms with E-state index < -0.39 is 6.04 Å². The average molecular weight is 317 g/mol. The topological polar surface area (TPSA) is 84.7 Å². The minimum absolute atomic E-state index is 0.0434. The molecule has 0 unspecified atom stereocenters. The van der Waals surface area contributed by atoms with Crippen LogP contribution in [-0.4, -0.2) is 37.6 Å². The summed E-state index contributed by atoms with van der Waals surface area (Å²) in [5.74, 6) is 0.482. The molecule has 0 spiro atoms. The van der Waals surface area contributed by atoms with Crippen LogP contribution in [0.5, 0.6) is 5.75 Å². The lowest BCUT2D eigenvalue weighted by molar-refractivity contribution is -0.129. The number of hydrogen-bond donors (Lipinski definition) is 2. The van der Waals surface area contributed by atoms with Crippen LogP contribution < -0.4 is 20.7 Å². The molecular formula is C17H23N3O3. The van der Waals surface area contributed by atoms with Crippen LogP contribution in [0.1, 0.15) is 25.7 Å². The third-order valence-corrected chi connectivity index (χ3v) is 4.74. The summed E-state index contributed by atoms with van der Waals surface area (Å²) < 4.78 is 5.32. The van der Waals surface area contributed by atoms with Crippen molar-refractivity contribution < 1.29 is 14.3 Å². The third kappa shape index (κ3) is 3.17. The van der Waals surface area contributed by atoms with Crippen LogP contribution in [0.3, 0.4) is 0 Å². The highest BCUT2D eigenvalue weighted by Crippen LogP contribution is 2.31. The van der Waals surface area contributed by atoms with Crippen molar-refractivity contribution in [3.05, 3.63) is 24.3 Å². The molecule has 3 N–H and O–H groups in total. The average Bonchev–Trinajstić information content (AvgIpc) is 3.14. The van der Waals surface area contributed by atoms with E-state index in [1.165, 1.54) is 0 Å². The van der Waals surface area contributed by atoms with Crippen LogP contribution in [0.2, 0.25) is 0 Å². The molecule has 1 saturated heterocycles. The summed E-state index contributed by atoms with van der Waals surface area (Å²) in [5.41, 5.74) is 6.61. The summed E-state index contributed by atoms with van der Waals surface area (Å²) in [6.45, 7) is 0.578. The molecule has 2 aliphatic rings. The Kier molecular flexibility index (Phi) is 4.52. The predicted molar refractivity (Wildman–Crippen MR) is 87.2 cm³/mol. The van der Waals surface area contributed by atoms with E-state index in [0.717, 1.165) is 18.5 Å². The van der Waals surface area contributed by atoms with Crippen molar-refractivity contribution in [2.75, 3.05) is 18.6 Å². The fourth-order valence-electron chi connectivity index (χ4n) is 3.45.